The standard InChI is InChI=1S/C18H28N2O2/c1-14(2)20-12-8-7-11-16(20)17(21)19-13-18(3,22)15-9-5-4-6-10-15/h4-6,9-10,14,16,22H,7-8,11-13H2,1-3H3,(H,19,21). The fourth-order valence-electron chi connectivity index (χ4n) is 3.13. The molecular weight excluding hydrogens is 276 g/mol. The maximum Gasteiger partial charge on any atom is 0.237 e. The van der Waals surface area contributed by atoms with Gasteiger partial charge in [-0.2, -0.15) is 0 Å². The maximum absolute atomic E-state index is 12.5. The van der Waals surface area contributed by atoms with Crippen molar-refractivity contribution in [3.63, 3.8) is 0 Å². The fourth-order valence-corrected chi connectivity index (χ4v) is 3.13. The van der Waals surface area contributed by atoms with Crippen molar-refractivity contribution in [2.24, 2.45) is 0 Å². The molecule has 122 valence electrons. The molecule has 4 heteroatoms. The number of rotatable bonds is 5. The Kier molecular flexibility index (Phi) is 5.59. The number of amides is 1. The number of hydrogen-bond donors (Lipinski definition) is 2. The Morgan fingerprint density at radius 1 is 1.36 bits per heavy atom. The summed E-state index contributed by atoms with van der Waals surface area (Å²) in [5.41, 5.74) is -0.228. The lowest BCUT2D eigenvalue weighted by Gasteiger charge is -2.38. The van der Waals surface area contributed by atoms with E-state index in [4.69, 9.17) is 0 Å². The van der Waals surface area contributed by atoms with Gasteiger partial charge in [-0.1, -0.05) is 36.8 Å². The van der Waals surface area contributed by atoms with Gasteiger partial charge >= 0.3 is 0 Å². The third kappa shape index (κ3) is 4.08. The van der Waals surface area contributed by atoms with Crippen molar-refractivity contribution in [3.05, 3.63) is 35.9 Å². The van der Waals surface area contributed by atoms with E-state index in [2.05, 4.69) is 24.1 Å². The van der Waals surface area contributed by atoms with Gasteiger partial charge in [0.1, 0.15) is 5.60 Å². The molecule has 0 aromatic heterocycles. The Bertz CT molecular complexity index is 485. The van der Waals surface area contributed by atoms with E-state index in [1.165, 1.54) is 0 Å². The van der Waals surface area contributed by atoms with Crippen LogP contribution in [-0.4, -0.2) is 41.1 Å². The quantitative estimate of drug-likeness (QED) is 0.877. The molecule has 22 heavy (non-hydrogen) atoms. The molecule has 0 radical (unpaired) electrons. The number of piperidine rings is 1. The molecule has 0 spiro atoms. The molecule has 1 saturated heterocycles. The number of carbonyl (C=O) groups is 1. The molecule has 1 aliphatic rings. The molecule has 1 fully saturated rings. The minimum Gasteiger partial charge on any atom is -0.384 e. The fraction of sp³-hybridized carbons (Fsp3) is 0.611. The van der Waals surface area contributed by atoms with Crippen LogP contribution in [0.25, 0.3) is 0 Å². The molecule has 0 bridgehead atoms. The molecule has 2 rings (SSSR count). The summed E-state index contributed by atoms with van der Waals surface area (Å²) in [6.45, 7) is 7.21. The van der Waals surface area contributed by atoms with Gasteiger partial charge in [-0.15, -0.1) is 0 Å². The molecule has 1 aromatic carbocycles. The normalized spacial score (nSPS) is 22.3. The zero-order chi connectivity index (χ0) is 16.2. The molecule has 1 aliphatic heterocycles. The molecule has 1 aromatic rings. The van der Waals surface area contributed by atoms with E-state index in [-0.39, 0.29) is 18.5 Å². The summed E-state index contributed by atoms with van der Waals surface area (Å²) in [5.74, 6) is 0.0320. The van der Waals surface area contributed by atoms with Crippen LogP contribution >= 0.6 is 0 Å². The highest BCUT2D eigenvalue weighted by atomic mass is 16.3. The SMILES string of the molecule is CC(C)N1CCCCC1C(=O)NCC(C)(O)c1ccccc1. The number of likely N-dealkylation sites (tertiary alicyclic amines) is 1. The predicted octanol–water partition coefficient (Wildman–Crippen LogP) is 2.27. The minimum absolute atomic E-state index is 0.0320. The highest BCUT2D eigenvalue weighted by molar-refractivity contribution is 5.82. The van der Waals surface area contributed by atoms with Gasteiger partial charge in [0.15, 0.2) is 0 Å². The van der Waals surface area contributed by atoms with Crippen molar-refractivity contribution in [2.75, 3.05) is 13.1 Å². The van der Waals surface area contributed by atoms with Crippen molar-refractivity contribution in [3.8, 4) is 0 Å². The summed E-state index contributed by atoms with van der Waals surface area (Å²) in [5, 5.41) is 13.5. The van der Waals surface area contributed by atoms with Crippen molar-refractivity contribution < 1.29 is 9.90 Å². The topological polar surface area (TPSA) is 52.6 Å². The summed E-state index contributed by atoms with van der Waals surface area (Å²) in [6.07, 6.45) is 3.15. The van der Waals surface area contributed by atoms with E-state index >= 15 is 0 Å². The summed E-state index contributed by atoms with van der Waals surface area (Å²) in [4.78, 5) is 14.8. The lowest BCUT2D eigenvalue weighted by molar-refractivity contribution is -0.129. The average molecular weight is 304 g/mol. The van der Waals surface area contributed by atoms with Gasteiger partial charge in [0.2, 0.25) is 5.91 Å². The van der Waals surface area contributed by atoms with Gasteiger partial charge in [-0.05, 0) is 45.7 Å². The first-order valence-corrected chi connectivity index (χ1v) is 8.23. The van der Waals surface area contributed by atoms with Crippen LogP contribution in [0.5, 0.6) is 0 Å². The van der Waals surface area contributed by atoms with E-state index in [0.29, 0.717) is 6.04 Å². The first-order valence-electron chi connectivity index (χ1n) is 8.23. The number of nitrogens with zero attached hydrogens (tertiary/aromatic N) is 1. The first-order chi connectivity index (χ1) is 10.4. The molecule has 2 unspecified atom stereocenters. The molecule has 0 saturated carbocycles. The third-order valence-corrected chi connectivity index (χ3v) is 4.51. The number of carbonyl (C=O) groups excluding carboxylic acids is 1. The average Bonchev–Trinajstić information content (AvgIpc) is 2.53. The number of hydrogen-bond acceptors (Lipinski definition) is 3. The molecule has 1 heterocycles. The van der Waals surface area contributed by atoms with Gasteiger partial charge < -0.3 is 10.4 Å². The van der Waals surface area contributed by atoms with E-state index < -0.39 is 5.60 Å². The Morgan fingerprint density at radius 2 is 2.05 bits per heavy atom. The van der Waals surface area contributed by atoms with Gasteiger partial charge in [-0.25, -0.2) is 0 Å². The van der Waals surface area contributed by atoms with Crippen molar-refractivity contribution in [2.45, 2.75) is 57.7 Å². The highest BCUT2D eigenvalue weighted by Crippen LogP contribution is 2.21. The molecule has 0 aliphatic carbocycles. The van der Waals surface area contributed by atoms with Crippen molar-refractivity contribution >= 4 is 5.91 Å². The van der Waals surface area contributed by atoms with Crippen molar-refractivity contribution in [1.82, 2.24) is 10.2 Å². The second-order valence-electron chi connectivity index (χ2n) is 6.70. The van der Waals surface area contributed by atoms with Crippen LogP contribution in [0.1, 0.15) is 45.6 Å². The number of benzene rings is 1. The van der Waals surface area contributed by atoms with Gasteiger partial charge in [0.05, 0.1) is 12.6 Å². The van der Waals surface area contributed by atoms with Crippen LogP contribution in [0.4, 0.5) is 0 Å². The Hall–Kier alpha value is -1.39. The maximum atomic E-state index is 12.5. The molecule has 2 atom stereocenters. The Labute approximate surface area is 133 Å². The number of aliphatic hydroxyl groups is 1. The van der Waals surface area contributed by atoms with Gasteiger partial charge in [-0.3, -0.25) is 9.69 Å². The van der Waals surface area contributed by atoms with E-state index in [1.807, 2.05) is 30.3 Å². The lowest BCUT2D eigenvalue weighted by atomic mass is 9.95. The van der Waals surface area contributed by atoms with E-state index in [1.54, 1.807) is 6.92 Å². The molecule has 1 amide bonds. The first kappa shape index (κ1) is 17.0. The smallest absolute Gasteiger partial charge is 0.237 e. The second-order valence-corrected chi connectivity index (χ2v) is 6.70. The molecule has 4 nitrogen and oxygen atoms in total. The van der Waals surface area contributed by atoms with Crippen LogP contribution in [0, 0.1) is 0 Å². The third-order valence-electron chi connectivity index (χ3n) is 4.51. The predicted molar refractivity (Wildman–Crippen MR) is 88.5 cm³/mol. The van der Waals surface area contributed by atoms with Crippen LogP contribution in [0.15, 0.2) is 30.3 Å². The zero-order valence-corrected chi connectivity index (χ0v) is 13.9. The molecule has 2 N–H and O–H groups in total. The van der Waals surface area contributed by atoms with Crippen LogP contribution < -0.4 is 5.32 Å². The largest absolute Gasteiger partial charge is 0.384 e. The summed E-state index contributed by atoms with van der Waals surface area (Å²) < 4.78 is 0. The minimum atomic E-state index is -1.05. The van der Waals surface area contributed by atoms with Crippen molar-refractivity contribution in [1.29, 1.82) is 0 Å². The van der Waals surface area contributed by atoms with E-state index in [0.717, 1.165) is 31.4 Å². The Balaban J connectivity index is 1.97. The monoisotopic (exact) mass is 304 g/mol. The highest BCUT2D eigenvalue weighted by Gasteiger charge is 2.31. The Morgan fingerprint density at radius 3 is 2.68 bits per heavy atom. The number of nitrogens with one attached hydrogen (secondary N) is 1. The van der Waals surface area contributed by atoms with Gasteiger partial charge in [0, 0.05) is 6.04 Å². The van der Waals surface area contributed by atoms with Gasteiger partial charge in [0.25, 0.3) is 0 Å². The molecular formula is C18H28N2O2. The summed E-state index contributed by atoms with van der Waals surface area (Å²) in [7, 11) is 0. The van der Waals surface area contributed by atoms with E-state index in [9.17, 15) is 9.90 Å². The second kappa shape index (κ2) is 7.25. The summed E-state index contributed by atoms with van der Waals surface area (Å²) in [6, 6.07) is 9.77. The lowest BCUT2D eigenvalue weighted by Crippen LogP contribution is -2.53. The zero-order valence-electron chi connectivity index (χ0n) is 13.9. The summed E-state index contributed by atoms with van der Waals surface area (Å²) >= 11 is 0. The van der Waals surface area contributed by atoms with Crippen LogP contribution in [0.2, 0.25) is 0 Å². The van der Waals surface area contributed by atoms with Crippen LogP contribution in [-0.2, 0) is 10.4 Å². The van der Waals surface area contributed by atoms with Crippen LogP contribution in [0.3, 0.4) is 0 Å².